The van der Waals surface area contributed by atoms with Crippen LogP contribution < -0.4 is 0 Å². The van der Waals surface area contributed by atoms with Gasteiger partial charge in [-0.2, -0.15) is 0 Å². The monoisotopic (exact) mass is 308 g/mol. The van der Waals surface area contributed by atoms with Crippen molar-refractivity contribution >= 4 is 17.9 Å². The van der Waals surface area contributed by atoms with Crippen LogP contribution in [0.3, 0.4) is 0 Å². The van der Waals surface area contributed by atoms with Gasteiger partial charge in [0.15, 0.2) is 0 Å². The van der Waals surface area contributed by atoms with E-state index < -0.39 is 30.6 Å². The molecule has 0 aromatic heterocycles. The van der Waals surface area contributed by atoms with Crippen LogP contribution in [0.5, 0.6) is 0 Å². The Labute approximate surface area is 129 Å². The molecular weight excluding hydrogens is 288 g/mol. The lowest BCUT2D eigenvalue weighted by molar-refractivity contribution is -0.152. The summed E-state index contributed by atoms with van der Waals surface area (Å²) in [4.78, 5) is 33.6. The predicted molar refractivity (Wildman–Crippen MR) is 78.1 cm³/mol. The van der Waals surface area contributed by atoms with Gasteiger partial charge in [-0.25, -0.2) is 4.79 Å². The molecule has 0 aliphatic heterocycles. The van der Waals surface area contributed by atoms with E-state index in [1.807, 2.05) is 0 Å². The first kappa shape index (κ1) is 17.7. The van der Waals surface area contributed by atoms with Gasteiger partial charge in [-0.15, -0.1) is 0 Å². The molecule has 0 fully saturated rings. The van der Waals surface area contributed by atoms with Crippen LogP contribution in [0, 0.1) is 5.92 Å². The van der Waals surface area contributed by atoms with Gasteiger partial charge < -0.3 is 14.6 Å². The lowest BCUT2D eigenvalue weighted by Crippen LogP contribution is -2.13. The van der Waals surface area contributed by atoms with E-state index in [9.17, 15) is 14.4 Å². The van der Waals surface area contributed by atoms with Crippen molar-refractivity contribution in [3.05, 3.63) is 35.9 Å². The largest absolute Gasteiger partial charge is 0.481 e. The number of unbranched alkanes of at least 4 members (excludes halogenated alkanes) is 1. The van der Waals surface area contributed by atoms with Gasteiger partial charge in [-0.3, -0.25) is 9.59 Å². The molecule has 1 N–H and O–H groups in total. The van der Waals surface area contributed by atoms with Crippen LogP contribution in [0.25, 0.3) is 0 Å². The Morgan fingerprint density at radius 2 is 1.77 bits per heavy atom. The second-order valence-electron chi connectivity index (χ2n) is 4.92. The van der Waals surface area contributed by atoms with Gasteiger partial charge in [-0.05, 0) is 25.0 Å². The van der Waals surface area contributed by atoms with E-state index in [1.165, 1.54) is 0 Å². The van der Waals surface area contributed by atoms with Gasteiger partial charge in [0.05, 0.1) is 11.5 Å². The summed E-state index contributed by atoms with van der Waals surface area (Å²) in [5.41, 5.74) is 0.390. The molecule has 1 rings (SSSR count). The van der Waals surface area contributed by atoms with Crippen LogP contribution in [0.1, 0.15) is 43.0 Å². The number of rotatable bonds is 9. The fourth-order valence-corrected chi connectivity index (χ4v) is 1.72. The second kappa shape index (κ2) is 9.55. The summed E-state index contributed by atoms with van der Waals surface area (Å²) in [7, 11) is 0. The number of hydrogen-bond acceptors (Lipinski definition) is 5. The number of carboxylic acids is 1. The first-order valence-electron chi connectivity index (χ1n) is 7.11. The highest BCUT2D eigenvalue weighted by molar-refractivity contribution is 5.89. The quantitative estimate of drug-likeness (QED) is 0.428. The molecular formula is C16H20O6. The minimum absolute atomic E-state index is 0.176. The molecule has 1 aromatic carbocycles. The highest BCUT2D eigenvalue weighted by atomic mass is 16.7. The van der Waals surface area contributed by atoms with Crippen molar-refractivity contribution in [3.8, 4) is 0 Å². The molecule has 0 amide bonds. The number of carbonyl (C=O) groups is 3. The molecule has 0 bridgehead atoms. The van der Waals surface area contributed by atoms with Crippen molar-refractivity contribution in [2.75, 3.05) is 6.79 Å². The van der Waals surface area contributed by atoms with E-state index >= 15 is 0 Å². The standard InChI is InChI=1S/C16H20O6/c1-12(15(18)19)7-5-6-10-14(17)21-11-22-16(20)13-8-3-2-4-9-13/h2-4,8-9,12H,5-7,10-11H2,1H3,(H,18,19). The maximum Gasteiger partial charge on any atom is 0.340 e. The summed E-state index contributed by atoms with van der Waals surface area (Å²) < 4.78 is 9.61. The average Bonchev–Trinajstić information content (AvgIpc) is 2.52. The summed E-state index contributed by atoms with van der Waals surface area (Å²) in [6.07, 6.45) is 1.87. The molecule has 0 aliphatic rings. The number of benzene rings is 1. The zero-order valence-electron chi connectivity index (χ0n) is 12.5. The highest BCUT2D eigenvalue weighted by Gasteiger charge is 2.11. The Morgan fingerprint density at radius 1 is 1.09 bits per heavy atom. The van der Waals surface area contributed by atoms with E-state index in [-0.39, 0.29) is 6.42 Å². The Balaban J connectivity index is 2.11. The zero-order chi connectivity index (χ0) is 16.4. The number of carbonyl (C=O) groups excluding carboxylic acids is 2. The van der Waals surface area contributed by atoms with Crippen LogP contribution in [-0.4, -0.2) is 29.8 Å². The van der Waals surface area contributed by atoms with E-state index in [2.05, 4.69) is 0 Å². The van der Waals surface area contributed by atoms with Gasteiger partial charge in [0.2, 0.25) is 6.79 Å². The lowest BCUT2D eigenvalue weighted by atomic mass is 10.0. The van der Waals surface area contributed by atoms with Crippen LogP contribution in [0.4, 0.5) is 0 Å². The minimum atomic E-state index is -0.838. The van der Waals surface area contributed by atoms with E-state index in [0.29, 0.717) is 24.8 Å². The van der Waals surface area contributed by atoms with E-state index in [0.717, 1.165) is 0 Å². The van der Waals surface area contributed by atoms with Crippen molar-refractivity contribution in [1.29, 1.82) is 0 Å². The summed E-state index contributed by atoms with van der Waals surface area (Å²) in [5.74, 6) is -2.27. The minimum Gasteiger partial charge on any atom is -0.481 e. The molecule has 0 saturated carbocycles. The Bertz CT molecular complexity index is 497. The van der Waals surface area contributed by atoms with Gasteiger partial charge in [0.25, 0.3) is 0 Å². The normalized spacial score (nSPS) is 11.5. The van der Waals surface area contributed by atoms with E-state index in [1.54, 1.807) is 37.3 Å². The summed E-state index contributed by atoms with van der Waals surface area (Å²) in [6, 6.07) is 8.41. The molecule has 0 aliphatic carbocycles. The molecule has 120 valence electrons. The van der Waals surface area contributed by atoms with Gasteiger partial charge >= 0.3 is 17.9 Å². The second-order valence-corrected chi connectivity index (χ2v) is 4.92. The third-order valence-corrected chi connectivity index (χ3v) is 3.11. The van der Waals surface area contributed by atoms with Crippen molar-refractivity contribution in [2.24, 2.45) is 5.92 Å². The fourth-order valence-electron chi connectivity index (χ4n) is 1.72. The molecule has 1 aromatic rings. The fraction of sp³-hybridized carbons (Fsp3) is 0.438. The number of aliphatic carboxylic acids is 1. The number of carboxylic acid groups (broad SMARTS) is 1. The number of hydrogen-bond donors (Lipinski definition) is 1. The first-order chi connectivity index (χ1) is 10.5. The predicted octanol–water partition coefficient (Wildman–Crippen LogP) is 2.63. The lowest BCUT2D eigenvalue weighted by Gasteiger charge is -2.07. The topological polar surface area (TPSA) is 89.9 Å². The van der Waals surface area contributed by atoms with Crippen molar-refractivity contribution in [2.45, 2.75) is 32.6 Å². The maximum atomic E-state index is 11.6. The summed E-state index contributed by atoms with van der Waals surface area (Å²) >= 11 is 0. The zero-order valence-corrected chi connectivity index (χ0v) is 12.5. The number of ether oxygens (including phenoxy) is 2. The smallest absolute Gasteiger partial charge is 0.340 e. The van der Waals surface area contributed by atoms with E-state index in [4.69, 9.17) is 14.6 Å². The van der Waals surface area contributed by atoms with Gasteiger partial charge in [-0.1, -0.05) is 31.5 Å². The van der Waals surface area contributed by atoms with Crippen molar-refractivity contribution in [1.82, 2.24) is 0 Å². The van der Waals surface area contributed by atoms with Crippen molar-refractivity contribution in [3.63, 3.8) is 0 Å². The van der Waals surface area contributed by atoms with Crippen LogP contribution in [-0.2, 0) is 19.1 Å². The molecule has 6 heteroatoms. The third-order valence-electron chi connectivity index (χ3n) is 3.11. The highest BCUT2D eigenvalue weighted by Crippen LogP contribution is 2.10. The molecule has 1 unspecified atom stereocenters. The van der Waals surface area contributed by atoms with Crippen LogP contribution in [0.15, 0.2) is 30.3 Å². The van der Waals surface area contributed by atoms with Crippen LogP contribution >= 0.6 is 0 Å². The first-order valence-corrected chi connectivity index (χ1v) is 7.11. The average molecular weight is 308 g/mol. The van der Waals surface area contributed by atoms with Gasteiger partial charge in [0, 0.05) is 6.42 Å². The maximum absolute atomic E-state index is 11.6. The Kier molecular flexibility index (Phi) is 7.67. The molecule has 0 radical (unpaired) electrons. The Morgan fingerprint density at radius 3 is 2.41 bits per heavy atom. The summed E-state index contributed by atoms with van der Waals surface area (Å²) in [6.45, 7) is 1.21. The van der Waals surface area contributed by atoms with Crippen LogP contribution in [0.2, 0.25) is 0 Å². The SMILES string of the molecule is CC(CCCCC(=O)OCOC(=O)c1ccccc1)C(=O)O. The molecule has 0 spiro atoms. The van der Waals surface area contributed by atoms with Gasteiger partial charge in [0.1, 0.15) is 0 Å². The summed E-state index contributed by atoms with van der Waals surface area (Å²) in [5, 5.41) is 8.71. The molecule has 0 heterocycles. The third kappa shape index (κ3) is 6.88. The number of esters is 2. The molecule has 6 nitrogen and oxygen atoms in total. The molecule has 0 saturated heterocycles. The van der Waals surface area contributed by atoms with Crippen molar-refractivity contribution < 1.29 is 29.0 Å². The molecule has 1 atom stereocenters. The Hall–Kier alpha value is -2.37. The molecule has 22 heavy (non-hydrogen) atoms.